The first-order valence-electron chi connectivity index (χ1n) is 11.2. The minimum atomic E-state index is -3.92. The van der Waals surface area contributed by atoms with Gasteiger partial charge in [0.15, 0.2) is 0 Å². The summed E-state index contributed by atoms with van der Waals surface area (Å²) in [7, 11) is -3.92. The van der Waals surface area contributed by atoms with E-state index in [2.05, 4.69) is 19.2 Å². The Balaban J connectivity index is 1.88. The molecule has 0 aromatic heterocycles. The number of piperazine rings is 1. The fraction of sp³-hybridized carbons (Fsp3) is 0.440. The summed E-state index contributed by atoms with van der Waals surface area (Å²) < 4.78 is 27.6. The number of rotatable bonds is 8. The van der Waals surface area contributed by atoms with Crippen molar-refractivity contribution in [2.45, 2.75) is 51.1 Å². The zero-order chi connectivity index (χ0) is 24.2. The van der Waals surface area contributed by atoms with Crippen LogP contribution in [0.3, 0.4) is 0 Å². The summed E-state index contributed by atoms with van der Waals surface area (Å²) >= 11 is 0. The lowest BCUT2D eigenvalue weighted by Gasteiger charge is -2.47. The Hall–Kier alpha value is -2.71. The second kappa shape index (κ2) is 10.1. The number of hydrogen-bond acceptors (Lipinski definition) is 4. The quantitative estimate of drug-likeness (QED) is 0.641. The van der Waals surface area contributed by atoms with E-state index >= 15 is 0 Å². The third kappa shape index (κ3) is 5.62. The lowest BCUT2D eigenvalue weighted by Crippen LogP contribution is -2.69. The normalized spacial score (nSPS) is 19.7. The maximum absolute atomic E-state index is 13.4. The number of carbonyl (C=O) groups excluding carboxylic acids is 2. The van der Waals surface area contributed by atoms with Crippen molar-refractivity contribution in [2.75, 3.05) is 19.6 Å². The smallest absolute Gasteiger partial charge is 0.247 e. The Morgan fingerprint density at radius 2 is 1.73 bits per heavy atom. The van der Waals surface area contributed by atoms with Crippen molar-refractivity contribution < 1.29 is 18.0 Å². The highest BCUT2D eigenvalue weighted by Crippen LogP contribution is 2.28. The molecule has 3 rings (SSSR count). The number of aryl methyl sites for hydroxylation is 1. The van der Waals surface area contributed by atoms with Crippen LogP contribution < -0.4 is 5.32 Å². The van der Waals surface area contributed by atoms with Gasteiger partial charge in [-0.25, -0.2) is 8.42 Å². The molecule has 7 nitrogen and oxygen atoms in total. The van der Waals surface area contributed by atoms with Crippen LogP contribution in [0.2, 0.25) is 0 Å². The number of nitrogens with zero attached hydrogens (tertiary/aromatic N) is 2. The van der Waals surface area contributed by atoms with E-state index in [-0.39, 0.29) is 29.8 Å². The molecule has 1 N–H and O–H groups in total. The topological polar surface area (TPSA) is 86.8 Å². The molecule has 0 spiro atoms. The molecule has 0 aliphatic carbocycles. The highest BCUT2D eigenvalue weighted by Gasteiger charge is 2.50. The molecular weight excluding hydrogens is 438 g/mol. The van der Waals surface area contributed by atoms with Gasteiger partial charge < -0.3 is 10.2 Å². The van der Waals surface area contributed by atoms with Gasteiger partial charge in [0.05, 0.1) is 11.4 Å². The molecule has 2 aromatic carbocycles. The van der Waals surface area contributed by atoms with E-state index in [0.29, 0.717) is 19.0 Å². The zero-order valence-electron chi connectivity index (χ0n) is 19.7. The first-order valence-corrected chi connectivity index (χ1v) is 12.7. The minimum Gasteiger partial charge on any atom is -0.350 e. The first kappa shape index (κ1) is 24.9. The van der Waals surface area contributed by atoms with E-state index in [1.165, 1.54) is 12.1 Å². The molecule has 0 radical (unpaired) electrons. The molecule has 1 aliphatic rings. The molecule has 2 aromatic rings. The predicted molar refractivity (Wildman–Crippen MR) is 128 cm³/mol. The van der Waals surface area contributed by atoms with E-state index in [9.17, 15) is 18.0 Å². The zero-order valence-corrected chi connectivity index (χ0v) is 20.6. The standard InChI is InChI=1S/C25H33N3O4S/c1-19(2)14-15-28-23(29)17-27(33(31,32)22-8-6-5-7-9-22)18-25(28,4)24(30)26-16-21-12-10-20(3)11-13-21/h5-13,19H,14-18H2,1-4H3,(H,26,30)/t25-/m0/s1. The van der Waals surface area contributed by atoms with E-state index in [4.69, 9.17) is 0 Å². The molecule has 1 aliphatic heterocycles. The van der Waals surface area contributed by atoms with E-state index in [1.54, 1.807) is 30.0 Å². The Morgan fingerprint density at radius 3 is 2.33 bits per heavy atom. The lowest BCUT2D eigenvalue weighted by atomic mass is 9.94. The van der Waals surface area contributed by atoms with Crippen LogP contribution in [0, 0.1) is 12.8 Å². The third-order valence-electron chi connectivity index (χ3n) is 6.07. The molecule has 1 heterocycles. The van der Waals surface area contributed by atoms with Crippen LogP contribution in [0.15, 0.2) is 59.5 Å². The van der Waals surface area contributed by atoms with Gasteiger partial charge in [0.2, 0.25) is 21.8 Å². The van der Waals surface area contributed by atoms with Crippen LogP contribution in [0.4, 0.5) is 0 Å². The number of sulfonamides is 1. The summed E-state index contributed by atoms with van der Waals surface area (Å²) in [6.07, 6.45) is 0.720. The number of nitrogens with one attached hydrogen (secondary N) is 1. The molecule has 0 bridgehead atoms. The van der Waals surface area contributed by atoms with Crippen molar-refractivity contribution in [1.82, 2.24) is 14.5 Å². The van der Waals surface area contributed by atoms with Crippen LogP contribution in [-0.2, 0) is 26.2 Å². The Labute approximate surface area is 196 Å². The minimum absolute atomic E-state index is 0.103. The van der Waals surface area contributed by atoms with E-state index in [0.717, 1.165) is 21.9 Å². The second-order valence-corrected chi connectivity index (χ2v) is 11.2. The van der Waals surface area contributed by atoms with Gasteiger partial charge >= 0.3 is 0 Å². The van der Waals surface area contributed by atoms with Crippen molar-refractivity contribution in [3.05, 3.63) is 65.7 Å². The van der Waals surface area contributed by atoms with Gasteiger partial charge in [-0.15, -0.1) is 0 Å². The number of hydrogen-bond donors (Lipinski definition) is 1. The third-order valence-corrected chi connectivity index (χ3v) is 7.87. The van der Waals surface area contributed by atoms with Crippen LogP contribution in [-0.4, -0.2) is 54.6 Å². The molecule has 1 saturated heterocycles. The van der Waals surface area contributed by atoms with Gasteiger partial charge in [0.25, 0.3) is 0 Å². The van der Waals surface area contributed by atoms with Gasteiger partial charge in [0, 0.05) is 19.6 Å². The van der Waals surface area contributed by atoms with Gasteiger partial charge in [-0.05, 0) is 43.9 Å². The van der Waals surface area contributed by atoms with E-state index < -0.39 is 15.6 Å². The maximum Gasteiger partial charge on any atom is 0.247 e. The van der Waals surface area contributed by atoms with Crippen LogP contribution in [0.25, 0.3) is 0 Å². The number of benzene rings is 2. The number of amides is 2. The average molecular weight is 472 g/mol. The average Bonchev–Trinajstić information content (AvgIpc) is 2.78. The van der Waals surface area contributed by atoms with Crippen molar-refractivity contribution in [2.24, 2.45) is 5.92 Å². The Morgan fingerprint density at radius 1 is 1.09 bits per heavy atom. The fourth-order valence-electron chi connectivity index (χ4n) is 3.94. The molecular formula is C25H33N3O4S. The van der Waals surface area contributed by atoms with Crippen molar-refractivity contribution in [1.29, 1.82) is 0 Å². The highest BCUT2D eigenvalue weighted by molar-refractivity contribution is 7.89. The summed E-state index contributed by atoms with van der Waals surface area (Å²) in [6, 6.07) is 15.8. The summed E-state index contributed by atoms with van der Waals surface area (Å²) in [5, 5.41) is 2.92. The summed E-state index contributed by atoms with van der Waals surface area (Å²) in [6.45, 7) is 8.05. The van der Waals surface area contributed by atoms with Gasteiger partial charge in [-0.1, -0.05) is 61.9 Å². The SMILES string of the molecule is Cc1ccc(CNC(=O)[C@]2(C)CN(S(=O)(=O)c3ccccc3)CC(=O)N2CCC(C)C)cc1. The monoisotopic (exact) mass is 471 g/mol. The molecule has 33 heavy (non-hydrogen) atoms. The van der Waals surface area contributed by atoms with Gasteiger partial charge in [0.1, 0.15) is 5.54 Å². The molecule has 0 unspecified atom stereocenters. The van der Waals surface area contributed by atoms with E-state index in [1.807, 2.05) is 31.2 Å². The molecule has 1 fully saturated rings. The number of carbonyl (C=O) groups is 2. The molecule has 178 valence electrons. The first-order chi connectivity index (χ1) is 15.5. The van der Waals surface area contributed by atoms with Gasteiger partial charge in [-0.3, -0.25) is 9.59 Å². The highest BCUT2D eigenvalue weighted by atomic mass is 32.2. The van der Waals surface area contributed by atoms with Gasteiger partial charge in [-0.2, -0.15) is 4.31 Å². The van der Waals surface area contributed by atoms with Crippen LogP contribution in [0.5, 0.6) is 0 Å². The summed E-state index contributed by atoms with van der Waals surface area (Å²) in [4.78, 5) is 28.3. The summed E-state index contributed by atoms with van der Waals surface area (Å²) in [5.41, 5.74) is 0.732. The molecule has 1 atom stereocenters. The molecule has 8 heteroatoms. The Kier molecular flexibility index (Phi) is 7.59. The van der Waals surface area contributed by atoms with Crippen molar-refractivity contribution in [3.8, 4) is 0 Å². The molecule has 2 amide bonds. The van der Waals surface area contributed by atoms with Crippen LogP contribution in [0.1, 0.15) is 38.3 Å². The second-order valence-electron chi connectivity index (χ2n) is 9.26. The molecule has 0 saturated carbocycles. The summed E-state index contributed by atoms with van der Waals surface area (Å²) in [5.74, 6) is -0.397. The van der Waals surface area contributed by atoms with Crippen molar-refractivity contribution >= 4 is 21.8 Å². The van der Waals surface area contributed by atoms with Crippen molar-refractivity contribution in [3.63, 3.8) is 0 Å². The predicted octanol–water partition coefficient (Wildman–Crippen LogP) is 2.95. The largest absolute Gasteiger partial charge is 0.350 e. The maximum atomic E-state index is 13.4. The fourth-order valence-corrected chi connectivity index (χ4v) is 5.44. The lowest BCUT2D eigenvalue weighted by molar-refractivity contribution is -0.153. The Bertz CT molecular complexity index is 1080. The van der Waals surface area contributed by atoms with Crippen LogP contribution >= 0.6 is 0 Å².